The zero-order valence-electron chi connectivity index (χ0n) is 16.1. The summed E-state index contributed by atoms with van der Waals surface area (Å²) >= 11 is 0. The van der Waals surface area contributed by atoms with E-state index in [4.69, 9.17) is 0 Å². The number of anilines is 1. The molecule has 0 unspecified atom stereocenters. The van der Waals surface area contributed by atoms with Crippen LogP contribution in [0.5, 0.6) is 5.75 Å². The van der Waals surface area contributed by atoms with Crippen LogP contribution in [-0.2, 0) is 4.79 Å². The molecule has 29 heavy (non-hydrogen) atoms. The van der Waals surface area contributed by atoms with E-state index in [2.05, 4.69) is 10.5 Å². The van der Waals surface area contributed by atoms with Crippen molar-refractivity contribution in [3.8, 4) is 5.75 Å². The molecule has 1 saturated heterocycles. The Balaban J connectivity index is 1.49. The second-order valence-electron chi connectivity index (χ2n) is 7.05. The van der Waals surface area contributed by atoms with Crippen molar-refractivity contribution < 1.29 is 14.7 Å². The van der Waals surface area contributed by atoms with Crippen LogP contribution in [0.2, 0.25) is 0 Å². The molecule has 0 radical (unpaired) electrons. The Morgan fingerprint density at radius 2 is 1.76 bits per heavy atom. The van der Waals surface area contributed by atoms with E-state index in [0.717, 1.165) is 35.0 Å². The van der Waals surface area contributed by atoms with Crippen molar-refractivity contribution in [1.82, 2.24) is 5.43 Å². The second kappa shape index (κ2) is 7.75. The lowest BCUT2D eigenvalue weighted by atomic mass is 10.1. The summed E-state index contributed by atoms with van der Waals surface area (Å²) in [4.78, 5) is 26.1. The van der Waals surface area contributed by atoms with Crippen LogP contribution in [0.4, 0.5) is 5.69 Å². The highest BCUT2D eigenvalue weighted by Crippen LogP contribution is 2.25. The molecule has 2 amide bonds. The molecule has 0 aliphatic carbocycles. The standard InChI is InChI=1S/C23H21N3O3/c1-15(16-8-10-19(11-9-16)26-12-4-7-22(26)28)24-25-23(29)20-13-17-5-2-3-6-18(17)14-21(20)27/h2-3,5-6,8-11,13-14,27H,4,7,12H2,1H3,(H,25,29)/b24-15-. The third-order valence-electron chi connectivity index (χ3n) is 5.10. The first kappa shape index (κ1) is 18.7. The van der Waals surface area contributed by atoms with Crippen LogP contribution in [0, 0.1) is 0 Å². The van der Waals surface area contributed by atoms with Gasteiger partial charge in [-0.25, -0.2) is 5.43 Å². The van der Waals surface area contributed by atoms with Crippen molar-refractivity contribution in [1.29, 1.82) is 0 Å². The van der Waals surface area contributed by atoms with Gasteiger partial charge in [0.25, 0.3) is 5.91 Å². The normalized spacial score (nSPS) is 14.4. The quantitative estimate of drug-likeness (QED) is 0.527. The predicted octanol–water partition coefficient (Wildman–Crippen LogP) is 3.83. The molecular weight excluding hydrogens is 366 g/mol. The van der Waals surface area contributed by atoms with Crippen molar-refractivity contribution in [2.75, 3.05) is 11.4 Å². The van der Waals surface area contributed by atoms with E-state index in [1.165, 1.54) is 0 Å². The van der Waals surface area contributed by atoms with Gasteiger partial charge in [0.1, 0.15) is 5.75 Å². The number of phenols is 1. The number of carbonyl (C=O) groups is 2. The SMILES string of the molecule is C/C(=N/NC(=O)c1cc2ccccc2cc1O)c1ccc(N2CCCC2=O)cc1. The maximum Gasteiger partial charge on any atom is 0.275 e. The van der Waals surface area contributed by atoms with Gasteiger partial charge in [0.15, 0.2) is 0 Å². The summed E-state index contributed by atoms with van der Waals surface area (Å²) in [6.07, 6.45) is 1.48. The number of hydrogen-bond acceptors (Lipinski definition) is 4. The molecule has 0 spiro atoms. The Labute approximate surface area is 168 Å². The molecule has 0 atom stereocenters. The minimum absolute atomic E-state index is 0.0892. The van der Waals surface area contributed by atoms with Crippen molar-refractivity contribution in [2.24, 2.45) is 5.10 Å². The van der Waals surface area contributed by atoms with Gasteiger partial charge in [-0.2, -0.15) is 5.10 Å². The van der Waals surface area contributed by atoms with Gasteiger partial charge >= 0.3 is 0 Å². The van der Waals surface area contributed by atoms with E-state index in [1.54, 1.807) is 24.0 Å². The molecule has 2 N–H and O–H groups in total. The van der Waals surface area contributed by atoms with Crippen molar-refractivity contribution in [2.45, 2.75) is 19.8 Å². The number of fused-ring (bicyclic) bond motifs is 1. The number of hydrogen-bond donors (Lipinski definition) is 2. The molecule has 0 saturated carbocycles. The van der Waals surface area contributed by atoms with Crippen LogP contribution in [-0.4, -0.2) is 29.2 Å². The van der Waals surface area contributed by atoms with Gasteiger partial charge in [-0.1, -0.05) is 36.4 Å². The molecule has 1 aliphatic rings. The van der Waals surface area contributed by atoms with Gasteiger partial charge in [-0.05, 0) is 53.9 Å². The molecule has 3 aromatic rings. The summed E-state index contributed by atoms with van der Waals surface area (Å²) in [6.45, 7) is 2.53. The first-order valence-corrected chi connectivity index (χ1v) is 9.50. The predicted molar refractivity (Wildman–Crippen MR) is 113 cm³/mol. The highest BCUT2D eigenvalue weighted by atomic mass is 16.3. The van der Waals surface area contributed by atoms with Crippen LogP contribution < -0.4 is 10.3 Å². The maximum absolute atomic E-state index is 12.5. The molecule has 0 aromatic heterocycles. The Morgan fingerprint density at radius 3 is 2.41 bits per heavy atom. The minimum atomic E-state index is -0.480. The fourth-order valence-corrected chi connectivity index (χ4v) is 3.47. The van der Waals surface area contributed by atoms with Gasteiger partial charge < -0.3 is 10.0 Å². The average Bonchev–Trinajstić information content (AvgIpc) is 3.17. The summed E-state index contributed by atoms with van der Waals surface area (Å²) in [5.74, 6) is -0.425. The molecule has 1 aliphatic heterocycles. The summed E-state index contributed by atoms with van der Waals surface area (Å²) in [5, 5.41) is 16.1. The monoisotopic (exact) mass is 387 g/mol. The highest BCUT2D eigenvalue weighted by molar-refractivity contribution is 6.04. The number of aromatic hydroxyl groups is 1. The Morgan fingerprint density at radius 1 is 1.07 bits per heavy atom. The molecule has 6 nitrogen and oxygen atoms in total. The van der Waals surface area contributed by atoms with Crippen LogP contribution in [0.15, 0.2) is 65.8 Å². The summed E-state index contributed by atoms with van der Waals surface area (Å²) < 4.78 is 0. The van der Waals surface area contributed by atoms with E-state index in [-0.39, 0.29) is 17.2 Å². The number of hydrazone groups is 1. The van der Waals surface area contributed by atoms with Gasteiger partial charge in [-0.3, -0.25) is 9.59 Å². The minimum Gasteiger partial charge on any atom is -0.507 e. The molecule has 146 valence electrons. The van der Waals surface area contributed by atoms with Gasteiger partial charge in [0.2, 0.25) is 5.91 Å². The first-order chi connectivity index (χ1) is 14.0. The highest BCUT2D eigenvalue weighted by Gasteiger charge is 2.21. The van der Waals surface area contributed by atoms with Crippen LogP contribution in [0.25, 0.3) is 10.8 Å². The smallest absolute Gasteiger partial charge is 0.275 e. The van der Waals surface area contributed by atoms with Crippen LogP contribution >= 0.6 is 0 Å². The summed E-state index contributed by atoms with van der Waals surface area (Å²) in [5.41, 5.74) is 5.00. The molecule has 0 bridgehead atoms. The van der Waals surface area contributed by atoms with Gasteiger partial charge in [0, 0.05) is 18.7 Å². The van der Waals surface area contributed by atoms with E-state index in [9.17, 15) is 14.7 Å². The number of benzene rings is 3. The van der Waals surface area contributed by atoms with Gasteiger partial charge in [0.05, 0.1) is 11.3 Å². The number of phenolic OH excluding ortho intramolecular Hbond substituents is 1. The molecule has 3 aromatic carbocycles. The maximum atomic E-state index is 12.5. The van der Waals surface area contributed by atoms with Crippen LogP contribution in [0.3, 0.4) is 0 Å². The Kier molecular flexibility index (Phi) is 4.99. The molecule has 1 heterocycles. The zero-order valence-corrected chi connectivity index (χ0v) is 16.1. The average molecular weight is 387 g/mol. The van der Waals surface area contributed by atoms with Crippen molar-refractivity contribution >= 4 is 34.0 Å². The number of rotatable bonds is 4. The molecule has 4 rings (SSSR count). The summed E-state index contributed by atoms with van der Waals surface area (Å²) in [7, 11) is 0. The first-order valence-electron chi connectivity index (χ1n) is 9.50. The number of carbonyl (C=O) groups excluding carboxylic acids is 2. The third-order valence-corrected chi connectivity index (χ3v) is 5.10. The number of nitrogens with zero attached hydrogens (tertiary/aromatic N) is 2. The van der Waals surface area contributed by atoms with E-state index < -0.39 is 5.91 Å². The lowest BCUT2D eigenvalue weighted by Crippen LogP contribution is -2.23. The Hall–Kier alpha value is -3.67. The molecule has 6 heteroatoms. The van der Waals surface area contributed by atoms with E-state index >= 15 is 0 Å². The zero-order chi connectivity index (χ0) is 20.4. The lowest BCUT2D eigenvalue weighted by molar-refractivity contribution is -0.117. The Bertz CT molecular complexity index is 1120. The molecular formula is C23H21N3O3. The number of nitrogens with one attached hydrogen (secondary N) is 1. The third kappa shape index (κ3) is 3.82. The fourth-order valence-electron chi connectivity index (χ4n) is 3.47. The summed E-state index contributed by atoms with van der Waals surface area (Å²) in [6, 6.07) is 18.2. The van der Waals surface area contributed by atoms with Crippen LogP contribution in [0.1, 0.15) is 35.7 Å². The van der Waals surface area contributed by atoms with Crippen molar-refractivity contribution in [3.63, 3.8) is 0 Å². The number of amides is 2. The van der Waals surface area contributed by atoms with Crippen molar-refractivity contribution in [3.05, 3.63) is 71.8 Å². The topological polar surface area (TPSA) is 82.0 Å². The van der Waals surface area contributed by atoms with Gasteiger partial charge in [-0.15, -0.1) is 0 Å². The van der Waals surface area contributed by atoms with E-state index in [1.807, 2.05) is 48.5 Å². The second-order valence-corrected chi connectivity index (χ2v) is 7.05. The lowest BCUT2D eigenvalue weighted by Gasteiger charge is -2.15. The fraction of sp³-hybridized carbons (Fsp3) is 0.174. The largest absolute Gasteiger partial charge is 0.507 e. The van der Waals surface area contributed by atoms with E-state index in [0.29, 0.717) is 12.1 Å². The molecule has 1 fully saturated rings.